The predicted molar refractivity (Wildman–Crippen MR) is 68.8 cm³/mol. The predicted octanol–water partition coefficient (Wildman–Crippen LogP) is -0.560. The van der Waals surface area contributed by atoms with Crippen LogP contribution in [0.1, 0.15) is 17.5 Å². The molecule has 0 saturated heterocycles. The second-order valence-corrected chi connectivity index (χ2v) is 5.65. The van der Waals surface area contributed by atoms with E-state index in [2.05, 4.69) is 4.72 Å². The number of carbonyl (C=O) groups excluding carboxylic acids is 1. The van der Waals surface area contributed by atoms with Gasteiger partial charge >= 0.3 is 0 Å². The SMILES string of the molecule is NCc1ccccc1CS(=O)(=O)NCCC(N)=O. The number of primary amides is 1. The van der Waals surface area contributed by atoms with Crippen molar-refractivity contribution in [3.05, 3.63) is 35.4 Å². The molecule has 0 radical (unpaired) electrons. The topological polar surface area (TPSA) is 115 Å². The van der Waals surface area contributed by atoms with Gasteiger partial charge in [-0.05, 0) is 11.1 Å². The fourth-order valence-electron chi connectivity index (χ4n) is 1.48. The zero-order valence-electron chi connectivity index (χ0n) is 9.93. The third-order valence-electron chi connectivity index (χ3n) is 2.38. The quantitative estimate of drug-likeness (QED) is 0.616. The first-order chi connectivity index (χ1) is 8.44. The molecule has 18 heavy (non-hydrogen) atoms. The lowest BCUT2D eigenvalue weighted by Gasteiger charge is -2.09. The maximum absolute atomic E-state index is 11.7. The lowest BCUT2D eigenvalue weighted by atomic mass is 10.1. The van der Waals surface area contributed by atoms with E-state index < -0.39 is 15.9 Å². The van der Waals surface area contributed by atoms with Gasteiger partial charge in [-0.15, -0.1) is 0 Å². The van der Waals surface area contributed by atoms with E-state index in [1.165, 1.54) is 0 Å². The first kappa shape index (κ1) is 14.6. The number of amides is 1. The Balaban J connectivity index is 2.67. The number of carbonyl (C=O) groups is 1. The van der Waals surface area contributed by atoms with Gasteiger partial charge < -0.3 is 11.5 Å². The Kier molecular flexibility index (Phi) is 5.26. The minimum atomic E-state index is -3.48. The van der Waals surface area contributed by atoms with Crippen LogP contribution in [0.4, 0.5) is 0 Å². The average molecular weight is 271 g/mol. The first-order valence-corrected chi connectivity index (χ1v) is 7.12. The van der Waals surface area contributed by atoms with Crippen LogP contribution in [0, 0.1) is 0 Å². The number of hydrogen-bond donors (Lipinski definition) is 3. The third kappa shape index (κ3) is 4.82. The van der Waals surface area contributed by atoms with Gasteiger partial charge in [0.25, 0.3) is 0 Å². The Morgan fingerprint density at radius 3 is 2.39 bits per heavy atom. The van der Waals surface area contributed by atoms with E-state index in [-0.39, 0.29) is 25.3 Å². The zero-order valence-corrected chi connectivity index (χ0v) is 10.7. The Morgan fingerprint density at radius 1 is 1.22 bits per heavy atom. The lowest BCUT2D eigenvalue weighted by molar-refractivity contribution is -0.117. The summed E-state index contributed by atoms with van der Waals surface area (Å²) in [4.78, 5) is 10.5. The summed E-state index contributed by atoms with van der Waals surface area (Å²) in [6, 6.07) is 7.07. The van der Waals surface area contributed by atoms with Gasteiger partial charge in [-0.25, -0.2) is 13.1 Å². The summed E-state index contributed by atoms with van der Waals surface area (Å²) in [7, 11) is -3.48. The van der Waals surface area contributed by atoms with E-state index in [0.29, 0.717) is 5.56 Å². The summed E-state index contributed by atoms with van der Waals surface area (Å²) < 4.78 is 25.8. The molecule has 0 heterocycles. The second-order valence-electron chi connectivity index (χ2n) is 3.84. The van der Waals surface area contributed by atoms with Crippen LogP contribution < -0.4 is 16.2 Å². The van der Waals surface area contributed by atoms with Gasteiger partial charge in [0.15, 0.2) is 0 Å². The minimum absolute atomic E-state index is 0.0161. The molecule has 1 amide bonds. The molecule has 5 N–H and O–H groups in total. The molecular weight excluding hydrogens is 254 g/mol. The Bertz CT molecular complexity index is 514. The highest BCUT2D eigenvalue weighted by molar-refractivity contribution is 7.88. The van der Waals surface area contributed by atoms with Gasteiger partial charge in [-0.2, -0.15) is 0 Å². The molecule has 1 rings (SSSR count). The van der Waals surface area contributed by atoms with Crippen molar-refractivity contribution in [2.24, 2.45) is 11.5 Å². The van der Waals surface area contributed by atoms with Crippen LogP contribution in [-0.4, -0.2) is 20.9 Å². The molecule has 7 heteroatoms. The van der Waals surface area contributed by atoms with E-state index in [0.717, 1.165) is 5.56 Å². The van der Waals surface area contributed by atoms with Crippen LogP contribution >= 0.6 is 0 Å². The molecule has 0 fully saturated rings. The summed E-state index contributed by atoms with van der Waals surface area (Å²) in [6.07, 6.45) is -0.0161. The Hall–Kier alpha value is -1.44. The number of rotatable bonds is 7. The molecule has 0 bridgehead atoms. The fraction of sp³-hybridized carbons (Fsp3) is 0.364. The average Bonchev–Trinajstić information content (AvgIpc) is 2.28. The number of benzene rings is 1. The molecule has 0 spiro atoms. The normalized spacial score (nSPS) is 11.4. The molecule has 0 aromatic heterocycles. The molecule has 0 aliphatic heterocycles. The molecule has 1 aromatic rings. The molecule has 1 aromatic carbocycles. The van der Waals surface area contributed by atoms with Crippen molar-refractivity contribution in [1.82, 2.24) is 4.72 Å². The van der Waals surface area contributed by atoms with Crippen molar-refractivity contribution in [3.63, 3.8) is 0 Å². The number of sulfonamides is 1. The van der Waals surface area contributed by atoms with Crippen molar-refractivity contribution in [3.8, 4) is 0 Å². The summed E-state index contributed by atoms with van der Waals surface area (Å²) in [6.45, 7) is 0.301. The Morgan fingerprint density at radius 2 is 1.83 bits per heavy atom. The molecular formula is C11H17N3O3S. The minimum Gasteiger partial charge on any atom is -0.370 e. The summed E-state index contributed by atoms with van der Waals surface area (Å²) in [5.74, 6) is -0.695. The number of nitrogens with two attached hydrogens (primary N) is 2. The molecule has 0 unspecified atom stereocenters. The van der Waals surface area contributed by atoms with Crippen LogP contribution in [0.3, 0.4) is 0 Å². The maximum Gasteiger partial charge on any atom is 0.218 e. The largest absolute Gasteiger partial charge is 0.370 e. The van der Waals surface area contributed by atoms with Gasteiger partial charge in [-0.3, -0.25) is 4.79 Å². The first-order valence-electron chi connectivity index (χ1n) is 5.47. The highest BCUT2D eigenvalue weighted by Gasteiger charge is 2.13. The highest BCUT2D eigenvalue weighted by atomic mass is 32.2. The van der Waals surface area contributed by atoms with Crippen molar-refractivity contribution < 1.29 is 13.2 Å². The van der Waals surface area contributed by atoms with E-state index >= 15 is 0 Å². The van der Waals surface area contributed by atoms with Gasteiger partial charge in [0, 0.05) is 19.5 Å². The van der Waals surface area contributed by atoms with Crippen molar-refractivity contribution >= 4 is 15.9 Å². The Labute approximate surface area is 106 Å². The molecule has 6 nitrogen and oxygen atoms in total. The van der Waals surface area contributed by atoms with E-state index in [9.17, 15) is 13.2 Å². The van der Waals surface area contributed by atoms with Crippen LogP contribution in [0.25, 0.3) is 0 Å². The van der Waals surface area contributed by atoms with Crippen LogP contribution in [0.2, 0.25) is 0 Å². The molecule has 0 aliphatic carbocycles. The van der Waals surface area contributed by atoms with Gasteiger partial charge in [0.05, 0.1) is 5.75 Å². The van der Waals surface area contributed by atoms with Gasteiger partial charge in [0.2, 0.25) is 15.9 Å². The number of hydrogen-bond acceptors (Lipinski definition) is 4. The van der Waals surface area contributed by atoms with Gasteiger partial charge in [-0.1, -0.05) is 24.3 Å². The second kappa shape index (κ2) is 6.48. The molecule has 0 saturated carbocycles. The van der Waals surface area contributed by atoms with Gasteiger partial charge in [0.1, 0.15) is 0 Å². The van der Waals surface area contributed by atoms with Crippen LogP contribution in [0.5, 0.6) is 0 Å². The fourth-order valence-corrected chi connectivity index (χ4v) is 2.69. The van der Waals surface area contributed by atoms with Crippen LogP contribution in [0.15, 0.2) is 24.3 Å². The third-order valence-corrected chi connectivity index (χ3v) is 3.71. The molecule has 0 atom stereocenters. The smallest absolute Gasteiger partial charge is 0.218 e. The summed E-state index contributed by atoms with van der Waals surface area (Å²) in [5.41, 5.74) is 11.9. The monoisotopic (exact) mass is 271 g/mol. The van der Waals surface area contributed by atoms with Crippen molar-refractivity contribution in [2.45, 2.75) is 18.7 Å². The lowest BCUT2D eigenvalue weighted by Crippen LogP contribution is -2.29. The highest BCUT2D eigenvalue weighted by Crippen LogP contribution is 2.11. The maximum atomic E-state index is 11.7. The zero-order chi connectivity index (χ0) is 13.6. The molecule has 100 valence electrons. The van der Waals surface area contributed by atoms with Crippen molar-refractivity contribution in [1.29, 1.82) is 0 Å². The van der Waals surface area contributed by atoms with Crippen molar-refractivity contribution in [2.75, 3.05) is 6.54 Å². The van der Waals surface area contributed by atoms with E-state index in [4.69, 9.17) is 11.5 Å². The number of nitrogens with one attached hydrogen (secondary N) is 1. The standard InChI is InChI=1S/C11H17N3O3S/c12-7-9-3-1-2-4-10(9)8-18(16,17)14-6-5-11(13)15/h1-4,14H,5-8,12H2,(H2,13,15). The summed E-state index contributed by atoms with van der Waals surface area (Å²) >= 11 is 0. The molecule has 0 aliphatic rings. The van der Waals surface area contributed by atoms with E-state index in [1.54, 1.807) is 24.3 Å². The van der Waals surface area contributed by atoms with Crippen LogP contribution in [-0.2, 0) is 27.1 Å². The van der Waals surface area contributed by atoms with E-state index in [1.807, 2.05) is 0 Å². The summed E-state index contributed by atoms with van der Waals surface area (Å²) in [5, 5.41) is 0.